The Morgan fingerprint density at radius 2 is 1.53 bits per heavy atom. The maximum Gasteiger partial charge on any atom is 0.236 e. The van der Waals surface area contributed by atoms with E-state index >= 15 is 0 Å². The largest absolute Gasteiger partial charge is 0.355 e. The molecule has 0 aromatic rings. The van der Waals surface area contributed by atoms with E-state index in [0.717, 1.165) is 51.7 Å². The molecule has 1 atom stereocenters. The molecular weight excluding hydrogens is 242 g/mol. The molecule has 0 rings (SSSR count). The number of unbranched alkanes of at least 4 members (excludes halogenated alkanes) is 2. The second-order valence-corrected chi connectivity index (χ2v) is 4.78. The number of rotatable bonds is 13. The SMILES string of the molecule is NCCCCNCCCNC(=O)[C@H](N)CCCCN. The van der Waals surface area contributed by atoms with Crippen molar-refractivity contribution in [2.45, 2.75) is 44.6 Å². The third kappa shape index (κ3) is 12.1. The van der Waals surface area contributed by atoms with Gasteiger partial charge in [0.2, 0.25) is 5.91 Å². The van der Waals surface area contributed by atoms with Crippen LogP contribution in [0, 0.1) is 0 Å². The van der Waals surface area contributed by atoms with Crippen LogP contribution in [-0.2, 0) is 4.79 Å². The standard InChI is InChI=1S/C13H31N5O/c14-7-2-1-6-12(16)13(19)18-11-5-10-17-9-4-3-8-15/h12,17H,1-11,14-16H2,(H,18,19)/t12-/m1/s1. The second kappa shape index (κ2) is 13.7. The lowest BCUT2D eigenvalue weighted by Gasteiger charge is -2.12. The summed E-state index contributed by atoms with van der Waals surface area (Å²) in [5, 5.41) is 6.17. The van der Waals surface area contributed by atoms with Crippen LogP contribution in [0.4, 0.5) is 0 Å². The fourth-order valence-electron chi connectivity index (χ4n) is 1.72. The summed E-state index contributed by atoms with van der Waals surface area (Å²) in [7, 11) is 0. The molecule has 0 aromatic heterocycles. The number of carbonyl (C=O) groups is 1. The van der Waals surface area contributed by atoms with E-state index in [9.17, 15) is 4.79 Å². The molecule has 0 spiro atoms. The average Bonchev–Trinajstić information content (AvgIpc) is 2.41. The number of nitrogens with one attached hydrogen (secondary N) is 2. The highest BCUT2D eigenvalue weighted by Gasteiger charge is 2.11. The molecule has 0 heterocycles. The molecule has 0 aliphatic heterocycles. The van der Waals surface area contributed by atoms with E-state index in [1.807, 2.05) is 0 Å². The monoisotopic (exact) mass is 273 g/mol. The number of amides is 1. The van der Waals surface area contributed by atoms with Crippen LogP contribution < -0.4 is 27.8 Å². The minimum atomic E-state index is -0.399. The van der Waals surface area contributed by atoms with Crippen molar-refractivity contribution >= 4 is 5.91 Å². The van der Waals surface area contributed by atoms with Gasteiger partial charge >= 0.3 is 0 Å². The van der Waals surface area contributed by atoms with Crippen molar-refractivity contribution < 1.29 is 4.79 Å². The molecule has 0 aliphatic rings. The van der Waals surface area contributed by atoms with E-state index in [2.05, 4.69) is 10.6 Å². The first-order chi connectivity index (χ1) is 9.22. The highest BCUT2D eigenvalue weighted by Crippen LogP contribution is 1.97. The summed E-state index contributed by atoms with van der Waals surface area (Å²) in [6.07, 6.45) is 5.63. The van der Waals surface area contributed by atoms with Crippen molar-refractivity contribution in [3.8, 4) is 0 Å². The molecule has 6 heteroatoms. The number of hydrogen-bond acceptors (Lipinski definition) is 5. The van der Waals surface area contributed by atoms with Crippen molar-refractivity contribution in [2.24, 2.45) is 17.2 Å². The minimum absolute atomic E-state index is 0.0554. The molecule has 19 heavy (non-hydrogen) atoms. The predicted octanol–water partition coefficient (Wildman–Crippen LogP) is -0.722. The maximum absolute atomic E-state index is 11.6. The molecule has 0 radical (unpaired) electrons. The number of carbonyl (C=O) groups excluding carboxylic acids is 1. The van der Waals surface area contributed by atoms with Crippen molar-refractivity contribution in [1.29, 1.82) is 0 Å². The van der Waals surface area contributed by atoms with Crippen LogP contribution in [0.3, 0.4) is 0 Å². The average molecular weight is 273 g/mol. The molecule has 0 bridgehead atoms. The fourth-order valence-corrected chi connectivity index (χ4v) is 1.72. The molecule has 0 saturated heterocycles. The zero-order valence-corrected chi connectivity index (χ0v) is 12.0. The second-order valence-electron chi connectivity index (χ2n) is 4.78. The van der Waals surface area contributed by atoms with Gasteiger partial charge in [0.1, 0.15) is 0 Å². The smallest absolute Gasteiger partial charge is 0.236 e. The Labute approximate surface area is 116 Å². The van der Waals surface area contributed by atoms with Crippen LogP contribution in [-0.4, -0.2) is 44.7 Å². The van der Waals surface area contributed by atoms with Gasteiger partial charge in [-0.25, -0.2) is 0 Å². The van der Waals surface area contributed by atoms with Crippen LogP contribution >= 0.6 is 0 Å². The van der Waals surface area contributed by atoms with E-state index in [4.69, 9.17) is 17.2 Å². The molecule has 0 aromatic carbocycles. The van der Waals surface area contributed by atoms with Gasteiger partial charge in [0.05, 0.1) is 6.04 Å². The Balaban J connectivity index is 3.32. The lowest BCUT2D eigenvalue weighted by Crippen LogP contribution is -2.41. The van der Waals surface area contributed by atoms with Gasteiger partial charge in [-0.3, -0.25) is 4.79 Å². The van der Waals surface area contributed by atoms with Crippen molar-refractivity contribution in [2.75, 3.05) is 32.7 Å². The Kier molecular flexibility index (Phi) is 13.2. The first-order valence-electron chi connectivity index (χ1n) is 7.36. The molecule has 114 valence electrons. The summed E-state index contributed by atoms with van der Waals surface area (Å²) < 4.78 is 0. The summed E-state index contributed by atoms with van der Waals surface area (Å²) in [4.78, 5) is 11.6. The van der Waals surface area contributed by atoms with Gasteiger partial charge in [-0.1, -0.05) is 6.42 Å². The quantitative estimate of drug-likeness (QED) is 0.284. The van der Waals surface area contributed by atoms with Gasteiger partial charge < -0.3 is 27.8 Å². The van der Waals surface area contributed by atoms with E-state index in [-0.39, 0.29) is 5.91 Å². The highest BCUT2D eigenvalue weighted by atomic mass is 16.2. The fraction of sp³-hybridized carbons (Fsp3) is 0.923. The number of nitrogens with two attached hydrogens (primary N) is 3. The van der Waals surface area contributed by atoms with Crippen molar-refractivity contribution in [1.82, 2.24) is 10.6 Å². The molecule has 0 unspecified atom stereocenters. The van der Waals surface area contributed by atoms with Crippen LogP contribution in [0.2, 0.25) is 0 Å². The van der Waals surface area contributed by atoms with Crippen LogP contribution in [0.1, 0.15) is 38.5 Å². The van der Waals surface area contributed by atoms with Gasteiger partial charge in [0.25, 0.3) is 0 Å². The van der Waals surface area contributed by atoms with Crippen molar-refractivity contribution in [3.05, 3.63) is 0 Å². The van der Waals surface area contributed by atoms with E-state index in [0.29, 0.717) is 19.5 Å². The van der Waals surface area contributed by atoms with Gasteiger partial charge in [-0.15, -0.1) is 0 Å². The Morgan fingerprint density at radius 3 is 2.21 bits per heavy atom. The Morgan fingerprint density at radius 1 is 0.895 bits per heavy atom. The minimum Gasteiger partial charge on any atom is -0.355 e. The molecule has 1 amide bonds. The molecule has 0 aliphatic carbocycles. The summed E-state index contributed by atoms with van der Waals surface area (Å²) in [6.45, 7) is 3.98. The lowest BCUT2D eigenvalue weighted by molar-refractivity contribution is -0.122. The van der Waals surface area contributed by atoms with Crippen LogP contribution in [0.25, 0.3) is 0 Å². The summed E-state index contributed by atoms with van der Waals surface area (Å²) in [5.41, 5.74) is 16.6. The first-order valence-corrected chi connectivity index (χ1v) is 7.36. The predicted molar refractivity (Wildman–Crippen MR) is 79.7 cm³/mol. The van der Waals surface area contributed by atoms with Gasteiger partial charge in [-0.2, -0.15) is 0 Å². The molecule has 8 N–H and O–H groups in total. The normalized spacial score (nSPS) is 12.4. The lowest BCUT2D eigenvalue weighted by atomic mass is 10.1. The Hall–Kier alpha value is -0.690. The van der Waals surface area contributed by atoms with E-state index < -0.39 is 6.04 Å². The molecule has 0 saturated carbocycles. The van der Waals surface area contributed by atoms with Gasteiger partial charge in [-0.05, 0) is 58.3 Å². The summed E-state index contributed by atoms with van der Waals surface area (Å²) >= 11 is 0. The molecule has 0 fully saturated rings. The van der Waals surface area contributed by atoms with Crippen LogP contribution in [0.15, 0.2) is 0 Å². The van der Waals surface area contributed by atoms with E-state index in [1.54, 1.807) is 0 Å². The zero-order chi connectivity index (χ0) is 14.3. The first kappa shape index (κ1) is 18.3. The third-order valence-electron chi connectivity index (χ3n) is 2.94. The van der Waals surface area contributed by atoms with Gasteiger partial charge in [0.15, 0.2) is 0 Å². The molecular formula is C13H31N5O. The number of hydrogen-bond donors (Lipinski definition) is 5. The van der Waals surface area contributed by atoms with Crippen LogP contribution in [0.5, 0.6) is 0 Å². The zero-order valence-electron chi connectivity index (χ0n) is 12.0. The molecule has 6 nitrogen and oxygen atoms in total. The van der Waals surface area contributed by atoms with E-state index in [1.165, 1.54) is 0 Å². The summed E-state index contributed by atoms with van der Waals surface area (Å²) in [6, 6.07) is -0.399. The van der Waals surface area contributed by atoms with Crippen molar-refractivity contribution in [3.63, 3.8) is 0 Å². The topological polar surface area (TPSA) is 119 Å². The summed E-state index contributed by atoms with van der Waals surface area (Å²) in [5.74, 6) is -0.0554. The van der Waals surface area contributed by atoms with Gasteiger partial charge in [0, 0.05) is 6.54 Å². The highest BCUT2D eigenvalue weighted by molar-refractivity contribution is 5.81. The Bertz CT molecular complexity index is 213. The third-order valence-corrected chi connectivity index (χ3v) is 2.94. The maximum atomic E-state index is 11.6.